The maximum Gasteiger partial charge on any atom is 0.194 e. The number of hydrogen-bond donors (Lipinski definition) is 5. The van der Waals surface area contributed by atoms with Crippen molar-refractivity contribution in [2.45, 2.75) is 35.5 Å². The molecule has 0 bridgehead atoms. The minimum absolute atomic E-state index is 0.214. The summed E-state index contributed by atoms with van der Waals surface area (Å²) in [5, 5.41) is 36.7. The van der Waals surface area contributed by atoms with Crippen molar-refractivity contribution in [1.82, 2.24) is 5.32 Å². The second-order valence-corrected chi connectivity index (χ2v) is 8.18. The van der Waals surface area contributed by atoms with Crippen molar-refractivity contribution in [2.24, 2.45) is 5.11 Å². The van der Waals surface area contributed by atoms with Crippen LogP contribution in [0.1, 0.15) is 11.1 Å². The highest BCUT2D eigenvalue weighted by molar-refractivity contribution is 7.99. The van der Waals surface area contributed by atoms with E-state index in [2.05, 4.69) is 10.4 Å². The fourth-order valence-corrected chi connectivity index (χ4v) is 4.37. The number of rotatable bonds is 8. The molecule has 1 aliphatic heterocycles. The maximum atomic E-state index is 13.5. The summed E-state index contributed by atoms with van der Waals surface area (Å²) < 4.78 is 45.9. The van der Waals surface area contributed by atoms with E-state index in [9.17, 15) is 28.5 Å². The van der Waals surface area contributed by atoms with Gasteiger partial charge in [0.15, 0.2) is 17.5 Å². The molecular weight excluding hydrogens is 447 g/mol. The fraction of sp³-hybridized carbons (Fsp3) is 0.333. The van der Waals surface area contributed by atoms with E-state index in [0.717, 1.165) is 11.8 Å². The maximum absolute atomic E-state index is 13.5. The Labute approximate surface area is 186 Å². The van der Waals surface area contributed by atoms with Crippen LogP contribution in [-0.4, -0.2) is 51.7 Å². The molecule has 1 saturated heterocycles. The number of thioether (sulfide) groups is 1. The first kappa shape index (κ1) is 24.2. The molecule has 1 fully saturated rings. The monoisotopic (exact) mass is 469 g/mol. The van der Waals surface area contributed by atoms with Gasteiger partial charge in [-0.25, -0.2) is 18.7 Å². The highest BCUT2D eigenvalue weighted by atomic mass is 32.2. The third-order valence-electron chi connectivity index (χ3n) is 4.95. The van der Waals surface area contributed by atoms with E-state index in [0.29, 0.717) is 17.9 Å². The van der Waals surface area contributed by atoms with E-state index in [-0.39, 0.29) is 11.3 Å². The number of nitrogens with zero attached hydrogens (tertiary/aromatic N) is 1. The van der Waals surface area contributed by atoms with Crippen LogP contribution in [0.5, 0.6) is 0 Å². The van der Waals surface area contributed by atoms with Crippen LogP contribution in [0.3, 0.4) is 0 Å². The highest BCUT2D eigenvalue weighted by Gasteiger charge is 2.44. The summed E-state index contributed by atoms with van der Waals surface area (Å²) in [6.45, 7) is -0.512. The van der Waals surface area contributed by atoms with Crippen molar-refractivity contribution in [3.8, 4) is 0 Å². The standard InChI is InChI=1S/C21H22F3N3O4S/c22-13-6-12(7-14(23)17(13)24)15(27-25)8-26-18-19(29)16(9-28)31-21(20(18)30)32-10-11-4-2-1-3-5-11/h1-8,16,18-21,25-26,28-30H,9-10H2/b15-8-,27-25?/t16?,18?,19-,20?,21+/m0/s1. The Balaban J connectivity index is 1.78. The van der Waals surface area contributed by atoms with Gasteiger partial charge in [0.05, 0.1) is 12.6 Å². The van der Waals surface area contributed by atoms with Gasteiger partial charge in [-0.3, -0.25) is 0 Å². The zero-order valence-electron chi connectivity index (χ0n) is 16.7. The first-order valence-corrected chi connectivity index (χ1v) is 10.7. The lowest BCUT2D eigenvalue weighted by Gasteiger charge is -2.42. The van der Waals surface area contributed by atoms with Gasteiger partial charge in [-0.1, -0.05) is 30.3 Å². The Morgan fingerprint density at radius 2 is 1.78 bits per heavy atom. The predicted octanol–water partition coefficient (Wildman–Crippen LogP) is 2.76. The first-order chi connectivity index (χ1) is 15.3. The Hall–Kier alpha value is -2.44. The summed E-state index contributed by atoms with van der Waals surface area (Å²) in [6, 6.07) is 9.72. The van der Waals surface area contributed by atoms with E-state index >= 15 is 0 Å². The van der Waals surface area contributed by atoms with Crippen LogP contribution < -0.4 is 5.32 Å². The van der Waals surface area contributed by atoms with Crippen molar-refractivity contribution in [3.05, 3.63) is 77.2 Å². The van der Waals surface area contributed by atoms with Gasteiger partial charge in [-0.2, -0.15) is 5.11 Å². The average molecular weight is 469 g/mol. The summed E-state index contributed by atoms with van der Waals surface area (Å²) in [5.74, 6) is -4.04. The Morgan fingerprint density at radius 3 is 2.38 bits per heavy atom. The van der Waals surface area contributed by atoms with Crippen molar-refractivity contribution >= 4 is 17.5 Å². The van der Waals surface area contributed by atoms with E-state index in [1.807, 2.05) is 30.3 Å². The van der Waals surface area contributed by atoms with Crippen LogP contribution in [0.15, 0.2) is 53.8 Å². The summed E-state index contributed by atoms with van der Waals surface area (Å²) in [4.78, 5) is 0. The highest BCUT2D eigenvalue weighted by Crippen LogP contribution is 2.31. The lowest BCUT2D eigenvalue weighted by atomic mass is 9.97. The molecule has 1 aliphatic rings. The molecule has 11 heteroatoms. The van der Waals surface area contributed by atoms with Crippen LogP contribution in [0.25, 0.3) is 5.70 Å². The third-order valence-corrected chi connectivity index (χ3v) is 6.17. The smallest absolute Gasteiger partial charge is 0.194 e. The summed E-state index contributed by atoms with van der Waals surface area (Å²) in [5.41, 5.74) is 6.97. The number of aliphatic hydroxyl groups excluding tert-OH is 3. The van der Waals surface area contributed by atoms with Crippen LogP contribution in [0.4, 0.5) is 13.2 Å². The number of aliphatic hydroxyl groups is 3. The molecule has 2 aromatic carbocycles. The topological polar surface area (TPSA) is 118 Å². The van der Waals surface area contributed by atoms with Gasteiger partial charge in [0.1, 0.15) is 29.4 Å². The van der Waals surface area contributed by atoms with E-state index < -0.39 is 53.8 Å². The normalized spacial score (nSPS) is 26.1. The quantitative estimate of drug-likeness (QED) is 0.300. The molecule has 0 spiro atoms. The van der Waals surface area contributed by atoms with Crippen LogP contribution in [0.2, 0.25) is 0 Å². The van der Waals surface area contributed by atoms with Gasteiger partial charge >= 0.3 is 0 Å². The van der Waals surface area contributed by atoms with Gasteiger partial charge in [0.2, 0.25) is 0 Å². The van der Waals surface area contributed by atoms with Crippen molar-refractivity contribution in [1.29, 1.82) is 5.53 Å². The molecule has 0 saturated carbocycles. The third kappa shape index (κ3) is 5.48. The molecule has 0 amide bonds. The number of hydrogen-bond acceptors (Lipinski definition) is 8. The van der Waals surface area contributed by atoms with Crippen molar-refractivity contribution in [2.75, 3.05) is 6.61 Å². The fourth-order valence-electron chi connectivity index (χ4n) is 3.23. The molecule has 0 radical (unpaired) electrons. The number of nitrogens with one attached hydrogen (secondary N) is 2. The van der Waals surface area contributed by atoms with E-state index in [4.69, 9.17) is 10.3 Å². The molecular formula is C21H22F3N3O4S. The summed E-state index contributed by atoms with van der Waals surface area (Å²) in [7, 11) is 0. The average Bonchev–Trinajstić information content (AvgIpc) is 2.79. The molecule has 0 aromatic heterocycles. The molecule has 3 unspecified atom stereocenters. The molecule has 2 aromatic rings. The van der Waals surface area contributed by atoms with Crippen molar-refractivity contribution < 1.29 is 33.2 Å². The minimum Gasteiger partial charge on any atom is -0.394 e. The Morgan fingerprint density at radius 1 is 1.12 bits per heavy atom. The van der Waals surface area contributed by atoms with E-state index in [1.54, 1.807) is 0 Å². The largest absolute Gasteiger partial charge is 0.394 e. The van der Waals surface area contributed by atoms with Crippen LogP contribution >= 0.6 is 11.8 Å². The molecule has 172 valence electrons. The van der Waals surface area contributed by atoms with Gasteiger partial charge in [-0.05, 0) is 17.7 Å². The Bertz CT molecular complexity index is 944. The summed E-state index contributed by atoms with van der Waals surface area (Å²) in [6.07, 6.45) is -2.51. The molecule has 5 N–H and O–H groups in total. The van der Waals surface area contributed by atoms with Crippen molar-refractivity contribution in [3.63, 3.8) is 0 Å². The van der Waals surface area contributed by atoms with Gasteiger partial charge in [0.25, 0.3) is 0 Å². The van der Waals surface area contributed by atoms with Gasteiger partial charge in [0, 0.05) is 17.5 Å². The lowest BCUT2D eigenvalue weighted by Crippen LogP contribution is -2.62. The molecule has 1 heterocycles. The predicted molar refractivity (Wildman–Crippen MR) is 112 cm³/mol. The molecule has 32 heavy (non-hydrogen) atoms. The molecule has 5 atom stereocenters. The lowest BCUT2D eigenvalue weighted by molar-refractivity contribution is -0.164. The number of halogens is 3. The second-order valence-electron chi connectivity index (χ2n) is 7.09. The molecule has 3 rings (SSSR count). The van der Waals surface area contributed by atoms with E-state index in [1.165, 1.54) is 11.8 Å². The van der Waals surface area contributed by atoms with Gasteiger partial charge < -0.3 is 25.4 Å². The summed E-state index contributed by atoms with van der Waals surface area (Å²) >= 11 is 1.27. The minimum atomic E-state index is -1.65. The van der Waals surface area contributed by atoms with Crippen LogP contribution in [-0.2, 0) is 10.5 Å². The van der Waals surface area contributed by atoms with Gasteiger partial charge in [-0.15, -0.1) is 11.8 Å². The second kappa shape index (κ2) is 10.9. The number of ether oxygens (including phenoxy) is 1. The Kier molecular flexibility index (Phi) is 8.26. The SMILES string of the molecule is N=N/C(=C\NC1C(O)[C@@H](SCc2ccccc2)OC(CO)[C@@H]1O)c1cc(F)c(F)c(F)c1. The zero-order valence-corrected chi connectivity index (χ0v) is 17.5. The molecule has 7 nitrogen and oxygen atoms in total. The molecule has 0 aliphatic carbocycles. The zero-order chi connectivity index (χ0) is 23.3. The van der Waals surface area contributed by atoms with Crippen LogP contribution in [0, 0.1) is 23.0 Å². The first-order valence-electron chi connectivity index (χ1n) is 9.62. The number of benzene rings is 2.